The van der Waals surface area contributed by atoms with Crippen molar-refractivity contribution in [3.05, 3.63) is 59.1 Å². The third-order valence-electron chi connectivity index (χ3n) is 3.14. The van der Waals surface area contributed by atoms with Gasteiger partial charge in [-0.2, -0.15) is 0 Å². The lowest BCUT2D eigenvalue weighted by Crippen LogP contribution is -2.37. The zero-order valence-corrected chi connectivity index (χ0v) is 14.5. The summed E-state index contributed by atoms with van der Waals surface area (Å²) >= 11 is 11.0. The number of carbonyl (C=O) groups excluding carboxylic acids is 1. The first kappa shape index (κ1) is 18.0. The Hall–Kier alpha value is -2.31. The Morgan fingerprint density at radius 3 is 2.29 bits per heavy atom. The van der Waals surface area contributed by atoms with E-state index in [1.165, 1.54) is 0 Å². The monoisotopic (exact) mass is 363 g/mol. The van der Waals surface area contributed by atoms with E-state index in [0.29, 0.717) is 23.2 Å². The van der Waals surface area contributed by atoms with Crippen LogP contribution in [-0.4, -0.2) is 29.2 Å². The molecule has 0 saturated heterocycles. The predicted octanol–water partition coefficient (Wildman–Crippen LogP) is 2.69. The molecule has 0 aliphatic carbocycles. The fourth-order valence-corrected chi connectivity index (χ4v) is 2.29. The highest BCUT2D eigenvalue weighted by Crippen LogP contribution is 2.13. The molecule has 1 amide bonds. The van der Waals surface area contributed by atoms with E-state index < -0.39 is 0 Å². The molecule has 0 unspecified atom stereocenters. The first-order chi connectivity index (χ1) is 11.5. The number of phenols is 1. The van der Waals surface area contributed by atoms with E-state index in [0.717, 1.165) is 11.3 Å². The standard InChI is InChI=1S/C17H18ClN3O2S/c18-13-3-5-14(6-4-13)21-17(24)20-10-9-19-16(23)11-12-1-7-15(22)8-2-12/h1-8,22H,9-11H2,(H,19,23)(H2,20,21,24). The van der Waals surface area contributed by atoms with Crippen molar-refractivity contribution in [2.75, 3.05) is 18.4 Å². The number of nitrogens with one attached hydrogen (secondary N) is 3. The average Bonchev–Trinajstić information content (AvgIpc) is 2.56. The fourth-order valence-electron chi connectivity index (χ4n) is 1.95. The third-order valence-corrected chi connectivity index (χ3v) is 3.63. The number of rotatable bonds is 6. The van der Waals surface area contributed by atoms with Crippen LogP contribution in [0.3, 0.4) is 0 Å². The van der Waals surface area contributed by atoms with Crippen molar-refractivity contribution in [3.8, 4) is 5.75 Å². The van der Waals surface area contributed by atoms with E-state index in [1.807, 2.05) is 12.1 Å². The Morgan fingerprint density at radius 2 is 1.62 bits per heavy atom. The van der Waals surface area contributed by atoms with E-state index in [-0.39, 0.29) is 18.1 Å². The summed E-state index contributed by atoms with van der Waals surface area (Å²) in [5.41, 5.74) is 1.69. The van der Waals surface area contributed by atoms with Gasteiger partial charge in [-0.3, -0.25) is 4.79 Å². The summed E-state index contributed by atoms with van der Waals surface area (Å²) < 4.78 is 0. The molecule has 0 aromatic heterocycles. The van der Waals surface area contributed by atoms with Gasteiger partial charge in [0.1, 0.15) is 5.75 Å². The number of aromatic hydroxyl groups is 1. The van der Waals surface area contributed by atoms with Crippen LogP contribution in [0.15, 0.2) is 48.5 Å². The quantitative estimate of drug-likeness (QED) is 0.469. The second-order valence-corrected chi connectivity index (χ2v) is 5.93. The first-order valence-corrected chi connectivity index (χ1v) is 8.16. The maximum absolute atomic E-state index is 11.8. The minimum atomic E-state index is -0.0842. The summed E-state index contributed by atoms with van der Waals surface area (Å²) in [6, 6.07) is 13.8. The molecular weight excluding hydrogens is 346 g/mol. The van der Waals surface area contributed by atoms with Gasteiger partial charge in [0.15, 0.2) is 5.11 Å². The van der Waals surface area contributed by atoms with Crippen LogP contribution in [0.1, 0.15) is 5.56 Å². The lowest BCUT2D eigenvalue weighted by molar-refractivity contribution is -0.120. The Labute approximate surface area is 151 Å². The fraction of sp³-hybridized carbons (Fsp3) is 0.176. The van der Waals surface area contributed by atoms with E-state index in [2.05, 4.69) is 16.0 Å². The minimum absolute atomic E-state index is 0.0842. The van der Waals surface area contributed by atoms with Crippen LogP contribution in [0.2, 0.25) is 5.02 Å². The van der Waals surface area contributed by atoms with E-state index in [9.17, 15) is 9.90 Å². The molecule has 0 fully saturated rings. The van der Waals surface area contributed by atoms with E-state index in [4.69, 9.17) is 23.8 Å². The second kappa shape index (κ2) is 9.10. The summed E-state index contributed by atoms with van der Waals surface area (Å²) in [4.78, 5) is 11.8. The minimum Gasteiger partial charge on any atom is -0.508 e. The second-order valence-electron chi connectivity index (χ2n) is 5.08. The van der Waals surface area contributed by atoms with Crippen molar-refractivity contribution in [1.82, 2.24) is 10.6 Å². The van der Waals surface area contributed by atoms with Crippen molar-refractivity contribution < 1.29 is 9.90 Å². The number of carbonyl (C=O) groups is 1. The van der Waals surface area contributed by atoms with Gasteiger partial charge < -0.3 is 21.1 Å². The number of hydrogen-bond donors (Lipinski definition) is 4. The number of amides is 1. The van der Waals surface area contributed by atoms with Gasteiger partial charge in [0.05, 0.1) is 6.42 Å². The third kappa shape index (κ3) is 6.44. The largest absolute Gasteiger partial charge is 0.508 e. The number of benzene rings is 2. The molecule has 0 spiro atoms. The van der Waals surface area contributed by atoms with Crippen molar-refractivity contribution in [1.29, 1.82) is 0 Å². The molecule has 0 atom stereocenters. The summed E-state index contributed by atoms with van der Waals surface area (Å²) in [6.07, 6.45) is 0.272. The summed E-state index contributed by atoms with van der Waals surface area (Å²) in [7, 11) is 0. The van der Waals surface area contributed by atoms with Crippen LogP contribution >= 0.6 is 23.8 Å². The van der Waals surface area contributed by atoms with Crippen molar-refractivity contribution in [2.45, 2.75) is 6.42 Å². The number of thiocarbonyl (C=S) groups is 1. The van der Waals surface area contributed by atoms with Crippen LogP contribution < -0.4 is 16.0 Å². The van der Waals surface area contributed by atoms with Crippen molar-refractivity contribution in [2.24, 2.45) is 0 Å². The number of halogens is 1. The molecule has 126 valence electrons. The van der Waals surface area contributed by atoms with Gasteiger partial charge >= 0.3 is 0 Å². The molecule has 2 aromatic carbocycles. The lowest BCUT2D eigenvalue weighted by atomic mass is 10.1. The Kier molecular flexibility index (Phi) is 6.84. The van der Waals surface area contributed by atoms with Crippen LogP contribution in [0, 0.1) is 0 Å². The number of phenolic OH excluding ortho intramolecular Hbond substituents is 1. The molecule has 24 heavy (non-hydrogen) atoms. The van der Waals surface area contributed by atoms with Crippen LogP contribution in [-0.2, 0) is 11.2 Å². The van der Waals surface area contributed by atoms with Gasteiger partial charge in [0.2, 0.25) is 5.91 Å². The van der Waals surface area contributed by atoms with Gasteiger partial charge in [0.25, 0.3) is 0 Å². The summed E-state index contributed by atoms with van der Waals surface area (Å²) in [6.45, 7) is 0.972. The predicted molar refractivity (Wildman–Crippen MR) is 100 cm³/mol. The molecule has 7 heteroatoms. The van der Waals surface area contributed by atoms with Crippen LogP contribution in [0.25, 0.3) is 0 Å². The zero-order chi connectivity index (χ0) is 17.4. The molecule has 0 aliphatic heterocycles. The molecule has 0 aliphatic rings. The SMILES string of the molecule is O=C(Cc1ccc(O)cc1)NCCNC(=S)Nc1ccc(Cl)cc1. The van der Waals surface area contributed by atoms with Gasteiger partial charge in [-0.15, -0.1) is 0 Å². The maximum atomic E-state index is 11.8. The molecular formula is C17H18ClN3O2S. The van der Waals surface area contributed by atoms with Gasteiger partial charge in [0, 0.05) is 23.8 Å². The molecule has 0 saturated carbocycles. The Bertz CT molecular complexity index is 628. The smallest absolute Gasteiger partial charge is 0.224 e. The number of hydrogen-bond acceptors (Lipinski definition) is 3. The summed E-state index contributed by atoms with van der Waals surface area (Å²) in [5.74, 6) is 0.101. The Morgan fingerprint density at radius 1 is 1.00 bits per heavy atom. The molecule has 0 bridgehead atoms. The average molecular weight is 364 g/mol. The zero-order valence-electron chi connectivity index (χ0n) is 12.9. The highest BCUT2D eigenvalue weighted by molar-refractivity contribution is 7.80. The maximum Gasteiger partial charge on any atom is 0.224 e. The van der Waals surface area contributed by atoms with Gasteiger partial charge in [-0.1, -0.05) is 23.7 Å². The van der Waals surface area contributed by atoms with Crippen molar-refractivity contribution >= 4 is 40.5 Å². The van der Waals surface area contributed by atoms with Crippen LogP contribution in [0.5, 0.6) is 5.75 Å². The van der Waals surface area contributed by atoms with Gasteiger partial charge in [-0.25, -0.2) is 0 Å². The molecule has 5 nitrogen and oxygen atoms in total. The summed E-state index contributed by atoms with van der Waals surface area (Å²) in [5, 5.41) is 19.2. The highest BCUT2D eigenvalue weighted by Gasteiger charge is 2.03. The van der Waals surface area contributed by atoms with Crippen molar-refractivity contribution in [3.63, 3.8) is 0 Å². The molecule has 4 N–H and O–H groups in total. The molecule has 0 heterocycles. The topological polar surface area (TPSA) is 73.4 Å². The van der Waals surface area contributed by atoms with Crippen LogP contribution in [0.4, 0.5) is 5.69 Å². The Balaban J connectivity index is 1.63. The normalized spacial score (nSPS) is 10.0. The van der Waals surface area contributed by atoms with E-state index in [1.54, 1.807) is 36.4 Å². The molecule has 0 radical (unpaired) electrons. The van der Waals surface area contributed by atoms with E-state index >= 15 is 0 Å². The molecule has 2 aromatic rings. The molecule has 2 rings (SSSR count). The number of anilines is 1. The lowest BCUT2D eigenvalue weighted by Gasteiger charge is -2.11. The van der Waals surface area contributed by atoms with Gasteiger partial charge in [-0.05, 0) is 54.2 Å². The first-order valence-electron chi connectivity index (χ1n) is 7.38. The highest BCUT2D eigenvalue weighted by atomic mass is 35.5.